The zero-order valence-corrected chi connectivity index (χ0v) is 18.4. The Morgan fingerprint density at radius 1 is 1.29 bits per heavy atom. The standard InChI is InChI=1S/C16H23ClN4O9S/c1-3-19(7-8-22)16(23)14-11(4-5-17)12(20(24)25)10-13(21(26)27)15(14)18-6-9-30-31(2,28)29/h10,18,22H,3-9H2,1-2H3. The van der Waals surface area contributed by atoms with Crippen LogP contribution < -0.4 is 5.32 Å². The number of rotatable bonds is 13. The van der Waals surface area contributed by atoms with Crippen molar-refractivity contribution in [2.75, 3.05) is 50.3 Å². The highest BCUT2D eigenvalue weighted by molar-refractivity contribution is 7.85. The number of aliphatic hydroxyl groups excluding tert-OH is 1. The van der Waals surface area contributed by atoms with Crippen LogP contribution in [0.4, 0.5) is 17.1 Å². The maximum absolute atomic E-state index is 13.2. The molecule has 15 heteroatoms. The van der Waals surface area contributed by atoms with Crippen LogP contribution in [0.25, 0.3) is 0 Å². The summed E-state index contributed by atoms with van der Waals surface area (Å²) >= 11 is 5.77. The number of halogens is 1. The van der Waals surface area contributed by atoms with Crippen molar-refractivity contribution in [1.29, 1.82) is 0 Å². The van der Waals surface area contributed by atoms with Gasteiger partial charge in [-0.05, 0) is 13.3 Å². The largest absolute Gasteiger partial charge is 0.395 e. The quantitative estimate of drug-likeness (QED) is 0.136. The lowest BCUT2D eigenvalue weighted by Gasteiger charge is -2.23. The second kappa shape index (κ2) is 11.7. The Morgan fingerprint density at radius 3 is 2.35 bits per heavy atom. The molecule has 1 aromatic carbocycles. The van der Waals surface area contributed by atoms with E-state index in [1.54, 1.807) is 6.92 Å². The van der Waals surface area contributed by atoms with E-state index < -0.39 is 50.5 Å². The molecule has 0 aliphatic carbocycles. The lowest BCUT2D eigenvalue weighted by Crippen LogP contribution is -2.35. The number of carbonyl (C=O) groups is 1. The van der Waals surface area contributed by atoms with Crippen molar-refractivity contribution in [3.8, 4) is 0 Å². The van der Waals surface area contributed by atoms with Crippen LogP contribution in [0.15, 0.2) is 6.07 Å². The van der Waals surface area contributed by atoms with Crippen molar-refractivity contribution < 1.29 is 32.3 Å². The number of likely N-dealkylation sites (N-methyl/N-ethyl adjacent to an activating group) is 1. The van der Waals surface area contributed by atoms with Gasteiger partial charge in [-0.2, -0.15) is 8.42 Å². The summed E-state index contributed by atoms with van der Waals surface area (Å²) in [5.41, 5.74) is -2.16. The molecule has 1 amide bonds. The molecule has 13 nitrogen and oxygen atoms in total. The van der Waals surface area contributed by atoms with Crippen molar-refractivity contribution in [1.82, 2.24) is 4.90 Å². The van der Waals surface area contributed by atoms with E-state index in [2.05, 4.69) is 9.50 Å². The van der Waals surface area contributed by atoms with Crippen LogP contribution in [-0.4, -0.2) is 79.2 Å². The molecule has 0 unspecified atom stereocenters. The van der Waals surface area contributed by atoms with Crippen molar-refractivity contribution in [2.45, 2.75) is 13.3 Å². The van der Waals surface area contributed by atoms with Gasteiger partial charge in [0.15, 0.2) is 0 Å². The van der Waals surface area contributed by atoms with Gasteiger partial charge in [0.1, 0.15) is 5.69 Å². The second-order valence-corrected chi connectivity index (χ2v) is 8.18. The highest BCUT2D eigenvalue weighted by Crippen LogP contribution is 2.38. The van der Waals surface area contributed by atoms with Gasteiger partial charge in [0.25, 0.3) is 27.4 Å². The predicted octanol–water partition coefficient (Wildman–Crippen LogP) is 1.13. The van der Waals surface area contributed by atoms with Gasteiger partial charge in [-0.3, -0.25) is 29.2 Å². The molecule has 31 heavy (non-hydrogen) atoms. The Balaban J connectivity index is 3.71. The summed E-state index contributed by atoms with van der Waals surface area (Å²) < 4.78 is 26.8. The lowest BCUT2D eigenvalue weighted by atomic mass is 9.97. The Hall–Kier alpha value is -2.55. The van der Waals surface area contributed by atoms with Crippen molar-refractivity contribution in [3.05, 3.63) is 37.4 Å². The summed E-state index contributed by atoms with van der Waals surface area (Å²) in [7, 11) is -3.77. The molecule has 0 spiro atoms. The Kier molecular flexibility index (Phi) is 10.0. The summed E-state index contributed by atoms with van der Waals surface area (Å²) in [4.78, 5) is 35.8. The average molecular weight is 483 g/mol. The van der Waals surface area contributed by atoms with Crippen LogP contribution in [-0.2, 0) is 20.7 Å². The smallest absolute Gasteiger partial charge is 0.300 e. The molecular formula is C16H23ClN4O9S. The molecule has 0 saturated heterocycles. The van der Waals surface area contributed by atoms with Crippen molar-refractivity contribution in [3.63, 3.8) is 0 Å². The van der Waals surface area contributed by atoms with E-state index in [1.165, 1.54) is 4.90 Å². The molecule has 1 aromatic rings. The van der Waals surface area contributed by atoms with Gasteiger partial charge in [-0.15, -0.1) is 11.6 Å². The SMILES string of the molecule is CCN(CCO)C(=O)c1c(CCCl)c([N+](=O)[O-])cc([N+](=O)[O-])c1NCCOS(C)(=O)=O. The van der Waals surface area contributed by atoms with Crippen LogP contribution >= 0.6 is 11.6 Å². The van der Waals surface area contributed by atoms with Crippen LogP contribution in [0.3, 0.4) is 0 Å². The fourth-order valence-corrected chi connectivity index (χ4v) is 3.39. The summed E-state index contributed by atoms with van der Waals surface area (Å²) in [5, 5.41) is 35.0. The maximum atomic E-state index is 13.2. The molecule has 1 rings (SSSR count). The first-order chi connectivity index (χ1) is 14.5. The van der Waals surface area contributed by atoms with E-state index in [0.29, 0.717) is 0 Å². The number of anilines is 1. The minimum absolute atomic E-state index is 0.108. The summed E-state index contributed by atoms with van der Waals surface area (Å²) in [6.07, 6.45) is 0.686. The van der Waals surface area contributed by atoms with Crippen molar-refractivity contribution in [2.24, 2.45) is 0 Å². The van der Waals surface area contributed by atoms with Crippen LogP contribution in [0.5, 0.6) is 0 Å². The Labute approximate surface area is 183 Å². The molecule has 0 saturated carbocycles. The van der Waals surface area contributed by atoms with E-state index >= 15 is 0 Å². The van der Waals surface area contributed by atoms with Crippen LogP contribution in [0.2, 0.25) is 0 Å². The minimum atomic E-state index is -3.77. The Morgan fingerprint density at radius 2 is 1.90 bits per heavy atom. The van der Waals surface area contributed by atoms with Gasteiger partial charge >= 0.3 is 0 Å². The third kappa shape index (κ3) is 7.27. The summed E-state index contributed by atoms with van der Waals surface area (Å²) in [5.74, 6) is -0.892. The van der Waals surface area contributed by atoms with Gasteiger partial charge in [-0.1, -0.05) is 0 Å². The number of nitro benzene ring substituents is 2. The number of nitrogens with zero attached hydrogens (tertiary/aromatic N) is 3. The lowest BCUT2D eigenvalue weighted by molar-refractivity contribution is -0.394. The van der Waals surface area contributed by atoms with E-state index in [9.17, 15) is 38.5 Å². The van der Waals surface area contributed by atoms with Gasteiger partial charge in [0.2, 0.25) is 0 Å². The van der Waals surface area contributed by atoms with E-state index in [1.807, 2.05) is 0 Å². The zero-order valence-electron chi connectivity index (χ0n) is 16.9. The van der Waals surface area contributed by atoms with Gasteiger partial charge in [0, 0.05) is 31.1 Å². The van der Waals surface area contributed by atoms with Crippen LogP contribution in [0.1, 0.15) is 22.8 Å². The highest BCUT2D eigenvalue weighted by Gasteiger charge is 2.34. The molecule has 0 aliphatic rings. The summed E-state index contributed by atoms with van der Waals surface area (Å²) in [6.45, 7) is 0.563. The fraction of sp³-hybridized carbons (Fsp3) is 0.562. The second-order valence-electron chi connectivity index (χ2n) is 6.16. The molecule has 0 heterocycles. The molecule has 174 valence electrons. The maximum Gasteiger partial charge on any atom is 0.300 e. The molecule has 0 bridgehead atoms. The van der Waals surface area contributed by atoms with E-state index in [0.717, 1.165) is 12.3 Å². The number of carbonyl (C=O) groups excluding carboxylic acids is 1. The predicted molar refractivity (Wildman–Crippen MR) is 112 cm³/mol. The number of hydrogen-bond donors (Lipinski definition) is 2. The number of hydrogen-bond acceptors (Lipinski definition) is 10. The van der Waals surface area contributed by atoms with Gasteiger partial charge < -0.3 is 15.3 Å². The van der Waals surface area contributed by atoms with Crippen molar-refractivity contribution >= 4 is 44.7 Å². The zero-order chi connectivity index (χ0) is 23.8. The highest BCUT2D eigenvalue weighted by atomic mass is 35.5. The van der Waals surface area contributed by atoms with E-state index in [-0.39, 0.29) is 48.7 Å². The molecule has 0 fully saturated rings. The number of nitrogens with one attached hydrogen (secondary N) is 1. The van der Waals surface area contributed by atoms with Crippen LogP contribution in [0, 0.1) is 20.2 Å². The third-order valence-electron chi connectivity index (χ3n) is 4.08. The first-order valence-electron chi connectivity index (χ1n) is 9.01. The molecule has 0 radical (unpaired) electrons. The first kappa shape index (κ1) is 26.5. The Bertz CT molecular complexity index is 940. The monoisotopic (exact) mass is 482 g/mol. The minimum Gasteiger partial charge on any atom is -0.395 e. The number of alkyl halides is 1. The van der Waals surface area contributed by atoms with Gasteiger partial charge in [0.05, 0.1) is 40.9 Å². The molecule has 2 N–H and O–H groups in total. The first-order valence-corrected chi connectivity index (χ1v) is 11.4. The third-order valence-corrected chi connectivity index (χ3v) is 4.87. The molecular weight excluding hydrogens is 460 g/mol. The number of benzene rings is 1. The van der Waals surface area contributed by atoms with Gasteiger partial charge in [-0.25, -0.2) is 0 Å². The molecule has 0 aliphatic heterocycles. The normalized spacial score (nSPS) is 11.2. The fourth-order valence-electron chi connectivity index (χ4n) is 2.82. The topological polar surface area (TPSA) is 182 Å². The molecule has 0 aromatic heterocycles. The van der Waals surface area contributed by atoms with E-state index in [4.69, 9.17) is 11.6 Å². The number of amides is 1. The molecule has 0 atom stereocenters. The number of aliphatic hydroxyl groups is 1. The average Bonchev–Trinajstić information content (AvgIpc) is 2.67. The summed E-state index contributed by atoms with van der Waals surface area (Å²) in [6, 6.07) is 0.723. The number of nitro groups is 2.